The number of nitro benzene ring substituents is 1. The summed E-state index contributed by atoms with van der Waals surface area (Å²) < 4.78 is 12.2. The number of ether oxygens (including phenoxy) is 2. The van der Waals surface area contributed by atoms with Crippen LogP contribution < -0.4 is 4.74 Å². The maximum Gasteiger partial charge on any atom is 0.273 e. The minimum atomic E-state index is -0.583. The first-order chi connectivity index (χ1) is 19.3. The Morgan fingerprint density at radius 2 is 1.73 bits per heavy atom. The topological polar surface area (TPSA) is 68.1 Å². The molecule has 41 heavy (non-hydrogen) atoms. The van der Waals surface area contributed by atoms with Crippen LogP contribution in [0.3, 0.4) is 0 Å². The van der Waals surface area contributed by atoms with Gasteiger partial charge in [-0.3, -0.25) is 10.1 Å². The van der Waals surface area contributed by atoms with Gasteiger partial charge < -0.3 is 19.3 Å². The summed E-state index contributed by atoms with van der Waals surface area (Å²) in [5.41, 5.74) is 1.79. The Bertz CT molecular complexity index is 1330. The number of nitrogens with zero attached hydrogens (tertiary/aromatic N) is 3. The molecule has 0 spiro atoms. The predicted molar refractivity (Wildman–Crippen MR) is 170 cm³/mol. The van der Waals surface area contributed by atoms with Crippen LogP contribution in [-0.2, 0) is 17.9 Å². The first kappa shape index (κ1) is 33.3. The average Bonchev–Trinajstić information content (AvgIpc) is 3.40. The summed E-state index contributed by atoms with van der Waals surface area (Å²) in [5, 5.41) is 12.9. The van der Waals surface area contributed by atoms with Crippen molar-refractivity contribution < 1.29 is 14.4 Å². The van der Waals surface area contributed by atoms with Gasteiger partial charge in [-0.15, -0.1) is 17.0 Å². The summed E-state index contributed by atoms with van der Waals surface area (Å²) in [7, 11) is 0. The van der Waals surface area contributed by atoms with Crippen molar-refractivity contribution in [2.45, 2.75) is 44.5 Å². The van der Waals surface area contributed by atoms with Gasteiger partial charge in [-0.25, -0.2) is 0 Å². The minimum Gasteiger partial charge on any atom is -0.493 e. The van der Waals surface area contributed by atoms with Crippen molar-refractivity contribution in [3.05, 3.63) is 115 Å². The molecule has 0 amide bonds. The summed E-state index contributed by atoms with van der Waals surface area (Å²) in [6.07, 6.45) is 5.11. The van der Waals surface area contributed by atoms with Gasteiger partial charge in [-0.05, 0) is 42.3 Å². The second-order valence-corrected chi connectivity index (χ2v) is 11.0. The van der Waals surface area contributed by atoms with E-state index in [4.69, 9.17) is 55.9 Å². The van der Waals surface area contributed by atoms with Crippen molar-refractivity contribution in [3.63, 3.8) is 0 Å². The molecule has 12 heteroatoms. The van der Waals surface area contributed by atoms with E-state index in [0.717, 1.165) is 24.0 Å². The number of hydrogen-bond donors (Lipinski definition) is 0. The highest BCUT2D eigenvalue weighted by atomic mass is 79.9. The number of benzene rings is 3. The van der Waals surface area contributed by atoms with Gasteiger partial charge in [0.05, 0.1) is 30.9 Å². The van der Waals surface area contributed by atoms with Crippen molar-refractivity contribution in [1.82, 2.24) is 9.80 Å². The Morgan fingerprint density at radius 3 is 2.39 bits per heavy atom. The normalized spacial score (nSPS) is 14.1. The average molecular weight is 706 g/mol. The number of unbranched alkanes of at least 4 members (excludes halogenated alkanes) is 1. The van der Waals surface area contributed by atoms with E-state index < -0.39 is 16.5 Å². The molecule has 0 bridgehead atoms. The first-order valence-electron chi connectivity index (χ1n) is 12.8. The summed E-state index contributed by atoms with van der Waals surface area (Å²) in [5.74, 6) is 0.510. The zero-order chi connectivity index (χ0) is 28.6. The molecule has 0 N–H and O–H groups in total. The molecule has 220 valence electrons. The minimum absolute atomic E-state index is 0. The molecular formula is C29H30BrCl4N3O4. The van der Waals surface area contributed by atoms with E-state index >= 15 is 0 Å². The van der Waals surface area contributed by atoms with Crippen LogP contribution in [0.4, 0.5) is 5.69 Å². The zero-order valence-electron chi connectivity index (χ0n) is 22.2. The molecule has 3 aromatic carbocycles. The second-order valence-electron chi connectivity index (χ2n) is 9.31. The van der Waals surface area contributed by atoms with Crippen LogP contribution in [0.1, 0.15) is 42.6 Å². The van der Waals surface area contributed by atoms with Crippen molar-refractivity contribution in [2.24, 2.45) is 0 Å². The van der Waals surface area contributed by atoms with Crippen LogP contribution in [0.5, 0.6) is 5.75 Å². The van der Waals surface area contributed by atoms with Crippen LogP contribution in [0, 0.1) is 10.1 Å². The van der Waals surface area contributed by atoms with Crippen LogP contribution in [-0.4, -0.2) is 33.5 Å². The molecule has 1 aliphatic rings. The number of hydrogen-bond acceptors (Lipinski definition) is 6. The van der Waals surface area contributed by atoms with Crippen molar-refractivity contribution in [1.29, 1.82) is 0 Å². The molecule has 1 aliphatic heterocycles. The van der Waals surface area contributed by atoms with Crippen LogP contribution in [0.25, 0.3) is 0 Å². The molecule has 2 atom stereocenters. The third-order valence-electron chi connectivity index (χ3n) is 6.44. The molecule has 0 saturated heterocycles. The molecular weight excluding hydrogens is 676 g/mol. The van der Waals surface area contributed by atoms with Crippen molar-refractivity contribution >= 4 is 69.1 Å². The fraction of sp³-hybridized carbons (Fsp3) is 0.310. The third-order valence-corrected chi connectivity index (χ3v) is 7.88. The number of nitro groups is 1. The SMILES string of the molecule is Br.CCCCOc1cc([N+](=O)[O-])ccc1CN1C=CN(C(Cl)C(OCc2c(Cl)cccc2Cl)c2ccc(Cl)cc2)C1. The van der Waals surface area contributed by atoms with Gasteiger partial charge in [-0.1, -0.05) is 77.9 Å². The van der Waals surface area contributed by atoms with Gasteiger partial charge in [0.2, 0.25) is 0 Å². The maximum absolute atomic E-state index is 11.3. The highest BCUT2D eigenvalue weighted by Crippen LogP contribution is 2.35. The van der Waals surface area contributed by atoms with Crippen LogP contribution in [0.2, 0.25) is 15.1 Å². The van der Waals surface area contributed by atoms with Crippen molar-refractivity contribution in [2.75, 3.05) is 13.3 Å². The monoisotopic (exact) mass is 703 g/mol. The molecule has 4 rings (SSSR count). The van der Waals surface area contributed by atoms with Crippen molar-refractivity contribution in [3.8, 4) is 5.75 Å². The first-order valence-corrected chi connectivity index (χ1v) is 14.4. The Balaban J connectivity index is 0.00000462. The quantitative estimate of drug-likeness (QED) is 0.0581. The Kier molecular flexibility index (Phi) is 12.9. The van der Waals surface area contributed by atoms with E-state index in [1.165, 1.54) is 12.1 Å². The molecule has 3 aromatic rings. The lowest BCUT2D eigenvalue weighted by Gasteiger charge is -2.32. The fourth-order valence-corrected chi connectivity index (χ4v) is 5.20. The maximum atomic E-state index is 11.3. The summed E-state index contributed by atoms with van der Waals surface area (Å²) in [6.45, 7) is 3.68. The smallest absolute Gasteiger partial charge is 0.273 e. The van der Waals surface area contributed by atoms with Gasteiger partial charge >= 0.3 is 0 Å². The molecule has 0 radical (unpaired) electrons. The van der Waals surface area contributed by atoms with Gasteiger partial charge in [0.15, 0.2) is 0 Å². The Hall–Kier alpha value is -2.20. The molecule has 0 aromatic heterocycles. The number of rotatable bonds is 13. The fourth-order valence-electron chi connectivity index (χ4n) is 4.22. The van der Waals surface area contributed by atoms with E-state index in [0.29, 0.717) is 46.2 Å². The van der Waals surface area contributed by atoms with Crippen LogP contribution in [0.15, 0.2) is 73.1 Å². The molecule has 2 unspecified atom stereocenters. The van der Waals surface area contributed by atoms with E-state index in [1.807, 2.05) is 34.3 Å². The second kappa shape index (κ2) is 15.9. The number of alkyl halides is 1. The van der Waals surface area contributed by atoms with Gasteiger partial charge in [0, 0.05) is 51.2 Å². The summed E-state index contributed by atoms with van der Waals surface area (Å²) in [4.78, 5) is 14.9. The van der Waals surface area contributed by atoms with Gasteiger partial charge in [0.25, 0.3) is 5.69 Å². The molecule has 1 heterocycles. The molecule has 0 fully saturated rings. The largest absolute Gasteiger partial charge is 0.493 e. The lowest BCUT2D eigenvalue weighted by molar-refractivity contribution is -0.385. The van der Waals surface area contributed by atoms with E-state index in [9.17, 15) is 10.1 Å². The predicted octanol–water partition coefficient (Wildman–Crippen LogP) is 9.38. The summed E-state index contributed by atoms with van der Waals surface area (Å²) in [6, 6.07) is 17.4. The van der Waals surface area contributed by atoms with Gasteiger partial charge in [0.1, 0.15) is 17.4 Å². The highest BCUT2D eigenvalue weighted by Gasteiger charge is 2.30. The van der Waals surface area contributed by atoms with E-state index in [2.05, 4.69) is 6.92 Å². The lowest BCUT2D eigenvalue weighted by Crippen LogP contribution is -2.35. The highest BCUT2D eigenvalue weighted by molar-refractivity contribution is 8.93. The number of halogens is 5. The third kappa shape index (κ3) is 8.89. The molecule has 0 saturated carbocycles. The summed E-state index contributed by atoms with van der Waals surface area (Å²) >= 11 is 25.9. The number of non-ortho nitro benzene ring substituents is 1. The standard InChI is InChI=1S/C29H29Cl4N3O4.BrH/c1-2-3-15-39-27-16-23(36(37)38)12-9-21(27)17-34-13-14-35(19-34)29(33)28(20-7-10-22(30)11-8-20)40-18-24-25(31)5-4-6-26(24)32;/h4-14,16,28-29H,2-3,15,17-19H2,1H3;1H. The molecule has 0 aliphatic carbocycles. The molecule has 7 nitrogen and oxygen atoms in total. The Morgan fingerprint density at radius 1 is 1.02 bits per heavy atom. The lowest BCUT2D eigenvalue weighted by atomic mass is 10.1. The van der Waals surface area contributed by atoms with Crippen LogP contribution >= 0.6 is 63.4 Å². The van der Waals surface area contributed by atoms with E-state index in [1.54, 1.807) is 36.4 Å². The van der Waals surface area contributed by atoms with E-state index in [-0.39, 0.29) is 29.3 Å². The zero-order valence-corrected chi connectivity index (χ0v) is 27.0. The van der Waals surface area contributed by atoms with Gasteiger partial charge in [-0.2, -0.15) is 0 Å². The Labute approximate surface area is 270 Å².